The van der Waals surface area contributed by atoms with E-state index in [0.29, 0.717) is 11.8 Å². The highest BCUT2D eigenvalue weighted by Gasteiger charge is 2.21. The Balaban J connectivity index is 2.47. The van der Waals surface area contributed by atoms with Gasteiger partial charge in [0, 0.05) is 12.8 Å². The summed E-state index contributed by atoms with van der Waals surface area (Å²) in [5.41, 5.74) is 1.42. The van der Waals surface area contributed by atoms with Crippen LogP contribution in [-0.4, -0.2) is 26.0 Å². The fourth-order valence-corrected chi connectivity index (χ4v) is 2.09. The SMILES string of the molecule is COCCN=C1C(C)CCCC1C. The lowest BCUT2D eigenvalue weighted by molar-refractivity contribution is 0.207. The predicted molar refractivity (Wildman–Crippen MR) is 56.4 cm³/mol. The highest BCUT2D eigenvalue weighted by atomic mass is 16.5. The average Bonchev–Trinajstić information content (AvgIpc) is 2.10. The van der Waals surface area contributed by atoms with Crippen molar-refractivity contribution in [2.75, 3.05) is 20.3 Å². The Morgan fingerprint density at radius 3 is 2.46 bits per heavy atom. The van der Waals surface area contributed by atoms with E-state index < -0.39 is 0 Å². The summed E-state index contributed by atoms with van der Waals surface area (Å²) in [5.74, 6) is 1.39. The summed E-state index contributed by atoms with van der Waals surface area (Å²) in [5, 5.41) is 0. The van der Waals surface area contributed by atoms with E-state index in [1.165, 1.54) is 25.0 Å². The molecule has 0 saturated heterocycles. The molecule has 0 heterocycles. The minimum absolute atomic E-state index is 0.695. The zero-order chi connectivity index (χ0) is 9.68. The summed E-state index contributed by atoms with van der Waals surface area (Å²) < 4.78 is 5.00. The summed E-state index contributed by atoms with van der Waals surface area (Å²) >= 11 is 0. The fourth-order valence-electron chi connectivity index (χ4n) is 2.09. The third kappa shape index (κ3) is 3.11. The first kappa shape index (κ1) is 10.7. The van der Waals surface area contributed by atoms with Crippen LogP contribution in [0.5, 0.6) is 0 Å². The van der Waals surface area contributed by atoms with Gasteiger partial charge in [-0.15, -0.1) is 0 Å². The van der Waals surface area contributed by atoms with E-state index in [1.54, 1.807) is 7.11 Å². The largest absolute Gasteiger partial charge is 0.383 e. The molecule has 1 rings (SSSR count). The van der Waals surface area contributed by atoms with Gasteiger partial charge < -0.3 is 4.74 Å². The van der Waals surface area contributed by atoms with Gasteiger partial charge in [-0.3, -0.25) is 4.99 Å². The smallest absolute Gasteiger partial charge is 0.0658 e. The number of hydrogen-bond donors (Lipinski definition) is 0. The van der Waals surface area contributed by atoms with Crippen LogP contribution in [-0.2, 0) is 4.74 Å². The van der Waals surface area contributed by atoms with Gasteiger partial charge in [0.15, 0.2) is 0 Å². The molecule has 0 spiro atoms. The number of rotatable bonds is 3. The zero-order valence-corrected chi connectivity index (χ0v) is 9.05. The first-order chi connectivity index (χ1) is 6.25. The number of methoxy groups -OCH3 is 1. The molecular formula is C11H21NO. The monoisotopic (exact) mass is 183 g/mol. The van der Waals surface area contributed by atoms with Gasteiger partial charge in [0.1, 0.15) is 0 Å². The highest BCUT2D eigenvalue weighted by molar-refractivity contribution is 5.89. The van der Waals surface area contributed by atoms with Crippen LogP contribution in [0.25, 0.3) is 0 Å². The van der Waals surface area contributed by atoms with Crippen molar-refractivity contribution in [2.45, 2.75) is 33.1 Å². The van der Waals surface area contributed by atoms with Crippen molar-refractivity contribution in [2.24, 2.45) is 16.8 Å². The number of ether oxygens (including phenoxy) is 1. The maximum absolute atomic E-state index is 5.00. The normalized spacial score (nSPS) is 29.0. The first-order valence-electron chi connectivity index (χ1n) is 5.29. The van der Waals surface area contributed by atoms with Crippen LogP contribution in [0, 0.1) is 11.8 Å². The molecule has 2 unspecified atom stereocenters. The zero-order valence-electron chi connectivity index (χ0n) is 9.05. The van der Waals surface area contributed by atoms with Crippen LogP contribution < -0.4 is 0 Å². The first-order valence-corrected chi connectivity index (χ1v) is 5.29. The Labute approximate surface area is 81.4 Å². The molecule has 0 radical (unpaired) electrons. The molecule has 0 bridgehead atoms. The van der Waals surface area contributed by atoms with Crippen molar-refractivity contribution < 1.29 is 4.74 Å². The lowest BCUT2D eigenvalue weighted by Crippen LogP contribution is -2.25. The lowest BCUT2D eigenvalue weighted by Gasteiger charge is -2.26. The Bertz CT molecular complexity index is 165. The summed E-state index contributed by atoms with van der Waals surface area (Å²) in [6, 6.07) is 0. The van der Waals surface area contributed by atoms with Gasteiger partial charge in [0.25, 0.3) is 0 Å². The summed E-state index contributed by atoms with van der Waals surface area (Å²) in [6.07, 6.45) is 4.00. The van der Waals surface area contributed by atoms with Gasteiger partial charge in [0.05, 0.1) is 13.2 Å². The number of aliphatic imine (C=N–C) groups is 1. The molecular weight excluding hydrogens is 162 g/mol. The van der Waals surface area contributed by atoms with Crippen molar-refractivity contribution >= 4 is 5.71 Å². The quantitative estimate of drug-likeness (QED) is 0.616. The topological polar surface area (TPSA) is 21.6 Å². The second-order valence-electron chi connectivity index (χ2n) is 4.03. The maximum atomic E-state index is 5.00. The third-order valence-corrected chi connectivity index (χ3v) is 2.87. The van der Waals surface area contributed by atoms with Crippen molar-refractivity contribution in [3.63, 3.8) is 0 Å². The summed E-state index contributed by atoms with van der Waals surface area (Å²) in [7, 11) is 1.73. The van der Waals surface area contributed by atoms with Crippen molar-refractivity contribution in [3.05, 3.63) is 0 Å². The van der Waals surface area contributed by atoms with E-state index in [1.807, 2.05) is 0 Å². The van der Waals surface area contributed by atoms with Crippen molar-refractivity contribution in [1.82, 2.24) is 0 Å². The molecule has 0 amide bonds. The number of nitrogens with zero attached hydrogens (tertiary/aromatic N) is 1. The molecule has 0 aromatic rings. The molecule has 0 aromatic carbocycles. The second kappa shape index (κ2) is 5.38. The van der Waals surface area contributed by atoms with Gasteiger partial charge in [-0.05, 0) is 24.7 Å². The predicted octanol–water partition coefficient (Wildman–Crippen LogP) is 2.53. The standard InChI is InChI=1S/C11H21NO/c1-9-5-4-6-10(2)11(9)12-7-8-13-3/h9-10H,4-8H2,1-3H3. The Morgan fingerprint density at radius 2 is 1.92 bits per heavy atom. The minimum Gasteiger partial charge on any atom is -0.383 e. The van der Waals surface area contributed by atoms with Crippen LogP contribution in [0.1, 0.15) is 33.1 Å². The lowest BCUT2D eigenvalue weighted by atomic mass is 9.81. The Kier molecular flexibility index (Phi) is 4.43. The molecule has 1 fully saturated rings. The van der Waals surface area contributed by atoms with E-state index in [-0.39, 0.29) is 0 Å². The van der Waals surface area contributed by atoms with E-state index in [0.717, 1.165) is 13.2 Å². The van der Waals surface area contributed by atoms with Crippen LogP contribution in [0.15, 0.2) is 4.99 Å². The van der Waals surface area contributed by atoms with Gasteiger partial charge in [-0.1, -0.05) is 20.3 Å². The molecule has 1 aliphatic carbocycles. The fraction of sp³-hybridized carbons (Fsp3) is 0.909. The Morgan fingerprint density at radius 1 is 1.31 bits per heavy atom. The molecule has 2 atom stereocenters. The van der Waals surface area contributed by atoms with E-state index >= 15 is 0 Å². The number of hydrogen-bond acceptors (Lipinski definition) is 2. The molecule has 2 nitrogen and oxygen atoms in total. The maximum Gasteiger partial charge on any atom is 0.0658 e. The second-order valence-corrected chi connectivity index (χ2v) is 4.03. The van der Waals surface area contributed by atoms with E-state index in [2.05, 4.69) is 18.8 Å². The van der Waals surface area contributed by atoms with Crippen LogP contribution >= 0.6 is 0 Å². The molecule has 0 aliphatic heterocycles. The summed E-state index contributed by atoms with van der Waals surface area (Å²) in [6.45, 7) is 6.17. The van der Waals surface area contributed by atoms with E-state index in [9.17, 15) is 0 Å². The Hall–Kier alpha value is -0.370. The molecule has 2 heteroatoms. The molecule has 1 aliphatic rings. The van der Waals surface area contributed by atoms with Gasteiger partial charge in [0.2, 0.25) is 0 Å². The minimum atomic E-state index is 0.695. The highest BCUT2D eigenvalue weighted by Crippen LogP contribution is 2.25. The van der Waals surface area contributed by atoms with Crippen LogP contribution in [0.2, 0.25) is 0 Å². The van der Waals surface area contributed by atoms with Crippen molar-refractivity contribution in [1.29, 1.82) is 0 Å². The molecule has 0 aromatic heterocycles. The van der Waals surface area contributed by atoms with Crippen LogP contribution in [0.3, 0.4) is 0 Å². The van der Waals surface area contributed by atoms with Gasteiger partial charge in [-0.2, -0.15) is 0 Å². The van der Waals surface area contributed by atoms with Crippen LogP contribution in [0.4, 0.5) is 0 Å². The molecule has 0 N–H and O–H groups in total. The van der Waals surface area contributed by atoms with Gasteiger partial charge in [-0.25, -0.2) is 0 Å². The molecule has 1 saturated carbocycles. The molecule has 76 valence electrons. The van der Waals surface area contributed by atoms with Gasteiger partial charge >= 0.3 is 0 Å². The third-order valence-electron chi connectivity index (χ3n) is 2.87. The average molecular weight is 183 g/mol. The molecule has 13 heavy (non-hydrogen) atoms. The van der Waals surface area contributed by atoms with Crippen molar-refractivity contribution in [3.8, 4) is 0 Å². The summed E-state index contributed by atoms with van der Waals surface area (Å²) in [4.78, 5) is 4.63. The van der Waals surface area contributed by atoms with E-state index in [4.69, 9.17) is 4.74 Å².